The van der Waals surface area contributed by atoms with Crippen molar-refractivity contribution in [3.8, 4) is 0 Å². The molecule has 0 spiro atoms. The van der Waals surface area contributed by atoms with Crippen molar-refractivity contribution in [1.29, 1.82) is 0 Å². The molecule has 0 radical (unpaired) electrons. The van der Waals surface area contributed by atoms with Crippen LogP contribution in [0.5, 0.6) is 0 Å². The van der Waals surface area contributed by atoms with Gasteiger partial charge in [-0.3, -0.25) is 0 Å². The Hall–Kier alpha value is -1.58. The van der Waals surface area contributed by atoms with E-state index in [-0.39, 0.29) is 0 Å². The van der Waals surface area contributed by atoms with E-state index in [1.165, 1.54) is 6.33 Å². The molecule has 3 N–H and O–H groups in total. The van der Waals surface area contributed by atoms with Crippen molar-refractivity contribution in [1.82, 2.24) is 9.97 Å². The topological polar surface area (TPSA) is 63.8 Å². The summed E-state index contributed by atoms with van der Waals surface area (Å²) >= 11 is 0. The van der Waals surface area contributed by atoms with Gasteiger partial charge < -0.3 is 11.1 Å². The first-order chi connectivity index (χ1) is 5.84. The lowest BCUT2D eigenvalue weighted by molar-refractivity contribution is 1.04. The zero-order valence-electron chi connectivity index (χ0n) is 6.83. The Morgan fingerprint density at radius 2 is 2.50 bits per heavy atom. The lowest BCUT2D eigenvalue weighted by Gasteiger charge is -2.04. The van der Waals surface area contributed by atoms with E-state index in [1.54, 1.807) is 6.20 Å². The molecule has 4 heteroatoms. The van der Waals surface area contributed by atoms with Crippen LogP contribution < -0.4 is 11.1 Å². The van der Waals surface area contributed by atoms with E-state index in [4.69, 9.17) is 5.73 Å². The molecule has 0 aliphatic rings. The molecule has 1 aromatic heterocycles. The van der Waals surface area contributed by atoms with Crippen molar-refractivity contribution in [3.05, 3.63) is 25.2 Å². The first kappa shape index (κ1) is 8.52. The molecule has 0 atom stereocenters. The Kier molecular flexibility index (Phi) is 3.07. The fraction of sp³-hybridized carbons (Fsp3) is 0.250. The molecule has 0 saturated carbocycles. The normalized spacial score (nSPS) is 9.33. The molecule has 4 nitrogen and oxygen atoms in total. The number of hydrogen-bond acceptors (Lipinski definition) is 4. The van der Waals surface area contributed by atoms with Crippen molar-refractivity contribution in [2.45, 2.75) is 6.42 Å². The van der Waals surface area contributed by atoms with Gasteiger partial charge in [0.05, 0.1) is 11.9 Å². The van der Waals surface area contributed by atoms with E-state index in [0.29, 0.717) is 11.5 Å². The number of rotatable bonds is 4. The van der Waals surface area contributed by atoms with Gasteiger partial charge in [0, 0.05) is 6.54 Å². The molecule has 0 aromatic carbocycles. The number of nitrogens with two attached hydrogens (primary N) is 1. The number of nitrogens with zero attached hydrogens (tertiary/aromatic N) is 2. The van der Waals surface area contributed by atoms with Gasteiger partial charge in [-0.25, -0.2) is 9.97 Å². The van der Waals surface area contributed by atoms with Gasteiger partial charge in [0.15, 0.2) is 5.82 Å². The van der Waals surface area contributed by atoms with Gasteiger partial charge in [-0.1, -0.05) is 6.08 Å². The van der Waals surface area contributed by atoms with E-state index >= 15 is 0 Å². The minimum atomic E-state index is 0.571. The van der Waals surface area contributed by atoms with E-state index in [0.717, 1.165) is 13.0 Å². The fourth-order valence-electron chi connectivity index (χ4n) is 0.781. The molecule has 1 rings (SSSR count). The van der Waals surface area contributed by atoms with Gasteiger partial charge in [-0.2, -0.15) is 0 Å². The number of nitrogen functional groups attached to an aromatic ring is 1. The summed E-state index contributed by atoms with van der Waals surface area (Å²) in [6.07, 6.45) is 5.77. The summed E-state index contributed by atoms with van der Waals surface area (Å²) in [7, 11) is 0. The van der Waals surface area contributed by atoms with Crippen molar-refractivity contribution < 1.29 is 0 Å². The monoisotopic (exact) mass is 164 g/mol. The van der Waals surface area contributed by atoms with Gasteiger partial charge in [0.1, 0.15) is 6.33 Å². The molecule has 0 amide bonds. The summed E-state index contributed by atoms with van der Waals surface area (Å²) in [6.45, 7) is 4.41. The molecule has 0 unspecified atom stereocenters. The molecular weight excluding hydrogens is 152 g/mol. The Morgan fingerprint density at radius 1 is 1.67 bits per heavy atom. The van der Waals surface area contributed by atoms with Crippen molar-refractivity contribution in [3.63, 3.8) is 0 Å². The zero-order valence-corrected chi connectivity index (χ0v) is 6.83. The smallest absolute Gasteiger partial charge is 0.152 e. The first-order valence-corrected chi connectivity index (χ1v) is 3.75. The Balaban J connectivity index is 2.51. The molecule has 0 fully saturated rings. The molecule has 0 aliphatic carbocycles. The van der Waals surface area contributed by atoms with Gasteiger partial charge in [-0.15, -0.1) is 6.58 Å². The summed E-state index contributed by atoms with van der Waals surface area (Å²) in [5.41, 5.74) is 6.16. The highest BCUT2D eigenvalue weighted by Crippen LogP contribution is 2.10. The molecule has 1 heterocycles. The second kappa shape index (κ2) is 4.33. The van der Waals surface area contributed by atoms with Crippen LogP contribution in [0.3, 0.4) is 0 Å². The quantitative estimate of drug-likeness (QED) is 0.515. The Morgan fingerprint density at radius 3 is 3.17 bits per heavy atom. The SMILES string of the molecule is C=CCCNc1ncncc1N. The van der Waals surface area contributed by atoms with Crippen LogP contribution in [0.25, 0.3) is 0 Å². The largest absolute Gasteiger partial charge is 0.394 e. The summed E-state index contributed by atoms with van der Waals surface area (Å²) in [5.74, 6) is 0.687. The predicted octanol–water partition coefficient (Wildman–Crippen LogP) is 1.05. The Labute approximate surface area is 71.5 Å². The van der Waals surface area contributed by atoms with Crippen molar-refractivity contribution in [2.75, 3.05) is 17.6 Å². The van der Waals surface area contributed by atoms with E-state index in [2.05, 4.69) is 21.9 Å². The maximum atomic E-state index is 5.59. The maximum absolute atomic E-state index is 5.59. The van der Waals surface area contributed by atoms with Crippen LogP contribution in [0.1, 0.15) is 6.42 Å². The van der Waals surface area contributed by atoms with Gasteiger partial charge in [0.2, 0.25) is 0 Å². The molecule has 12 heavy (non-hydrogen) atoms. The average molecular weight is 164 g/mol. The molecule has 0 bridgehead atoms. The Bertz CT molecular complexity index is 259. The van der Waals surface area contributed by atoms with Crippen LogP contribution in [0, 0.1) is 0 Å². The number of hydrogen-bond donors (Lipinski definition) is 2. The van der Waals surface area contributed by atoms with Gasteiger partial charge >= 0.3 is 0 Å². The third kappa shape index (κ3) is 2.23. The van der Waals surface area contributed by atoms with Crippen LogP contribution in [0.15, 0.2) is 25.2 Å². The van der Waals surface area contributed by atoms with Gasteiger partial charge in [-0.05, 0) is 6.42 Å². The third-order valence-corrected chi connectivity index (χ3v) is 1.38. The summed E-state index contributed by atoms with van der Waals surface area (Å²) in [5, 5.41) is 3.07. The molecule has 64 valence electrons. The standard InChI is InChI=1S/C8H12N4/c1-2-3-4-11-8-7(9)5-10-6-12-8/h2,5-6H,1,3-4,9H2,(H,10,11,12). The van der Waals surface area contributed by atoms with E-state index in [9.17, 15) is 0 Å². The maximum Gasteiger partial charge on any atom is 0.152 e. The zero-order chi connectivity index (χ0) is 8.81. The second-order valence-corrected chi connectivity index (χ2v) is 2.33. The van der Waals surface area contributed by atoms with E-state index in [1.807, 2.05) is 6.08 Å². The highest BCUT2D eigenvalue weighted by molar-refractivity contribution is 5.58. The van der Waals surface area contributed by atoms with Gasteiger partial charge in [0.25, 0.3) is 0 Å². The van der Waals surface area contributed by atoms with Crippen molar-refractivity contribution >= 4 is 11.5 Å². The second-order valence-electron chi connectivity index (χ2n) is 2.33. The fourth-order valence-corrected chi connectivity index (χ4v) is 0.781. The molecular formula is C8H12N4. The predicted molar refractivity (Wildman–Crippen MR) is 49.7 cm³/mol. The lowest BCUT2D eigenvalue weighted by Crippen LogP contribution is -2.05. The van der Waals surface area contributed by atoms with Crippen molar-refractivity contribution in [2.24, 2.45) is 0 Å². The minimum absolute atomic E-state index is 0.571. The first-order valence-electron chi connectivity index (χ1n) is 3.75. The summed E-state index contributed by atoms with van der Waals surface area (Å²) in [4.78, 5) is 7.75. The summed E-state index contributed by atoms with van der Waals surface area (Å²) in [6, 6.07) is 0. The summed E-state index contributed by atoms with van der Waals surface area (Å²) < 4.78 is 0. The lowest BCUT2D eigenvalue weighted by atomic mass is 10.4. The highest BCUT2D eigenvalue weighted by atomic mass is 15.0. The highest BCUT2D eigenvalue weighted by Gasteiger charge is 1.96. The number of aromatic nitrogens is 2. The average Bonchev–Trinajstić information content (AvgIpc) is 2.09. The van der Waals surface area contributed by atoms with Crippen LogP contribution in [-0.4, -0.2) is 16.5 Å². The molecule has 0 aliphatic heterocycles. The number of nitrogens with one attached hydrogen (secondary N) is 1. The van der Waals surface area contributed by atoms with Crippen LogP contribution >= 0.6 is 0 Å². The van der Waals surface area contributed by atoms with Crippen LogP contribution in [0.2, 0.25) is 0 Å². The number of anilines is 2. The molecule has 0 saturated heterocycles. The van der Waals surface area contributed by atoms with Crippen LogP contribution in [0.4, 0.5) is 11.5 Å². The van der Waals surface area contributed by atoms with Crippen LogP contribution in [-0.2, 0) is 0 Å². The third-order valence-electron chi connectivity index (χ3n) is 1.38. The van der Waals surface area contributed by atoms with E-state index < -0.39 is 0 Å². The molecule has 1 aromatic rings. The minimum Gasteiger partial charge on any atom is -0.394 e.